The van der Waals surface area contributed by atoms with Crippen LogP contribution >= 0.6 is 11.6 Å². The van der Waals surface area contributed by atoms with E-state index >= 15 is 0 Å². The van der Waals surface area contributed by atoms with Gasteiger partial charge in [0.05, 0.1) is 13.2 Å². The van der Waals surface area contributed by atoms with Gasteiger partial charge >= 0.3 is 6.18 Å². The van der Waals surface area contributed by atoms with Crippen molar-refractivity contribution in [1.82, 2.24) is 0 Å². The molecule has 0 radical (unpaired) electrons. The lowest BCUT2D eigenvalue weighted by molar-refractivity contribution is -0.174. The van der Waals surface area contributed by atoms with Gasteiger partial charge in [-0.15, -0.1) is 11.6 Å². The largest absolute Gasteiger partial charge is 0.493 e. The third-order valence-corrected chi connectivity index (χ3v) is 2.33. The molecule has 0 aliphatic carbocycles. The summed E-state index contributed by atoms with van der Waals surface area (Å²) in [5.41, 5.74) is 0.933. The van der Waals surface area contributed by atoms with Crippen LogP contribution in [0.3, 0.4) is 0 Å². The Balaban J connectivity index is 2.14. The fraction of sp³-hybridized carbons (Fsp3) is 0.500. The fourth-order valence-electron chi connectivity index (χ4n) is 1.26. The van der Waals surface area contributed by atoms with Gasteiger partial charge < -0.3 is 9.47 Å². The van der Waals surface area contributed by atoms with Crippen molar-refractivity contribution in [1.29, 1.82) is 0 Å². The Labute approximate surface area is 109 Å². The molecule has 0 aliphatic heterocycles. The minimum Gasteiger partial charge on any atom is -0.493 e. The molecular formula is C12H14ClF3O2. The van der Waals surface area contributed by atoms with Crippen molar-refractivity contribution in [2.45, 2.75) is 18.5 Å². The number of ether oxygens (including phenoxy) is 2. The number of alkyl halides is 4. The van der Waals surface area contributed by atoms with Gasteiger partial charge in [-0.3, -0.25) is 0 Å². The quantitative estimate of drug-likeness (QED) is 0.560. The van der Waals surface area contributed by atoms with Crippen LogP contribution in [0.4, 0.5) is 13.2 Å². The molecule has 0 atom stereocenters. The summed E-state index contributed by atoms with van der Waals surface area (Å²) >= 11 is 5.66. The second-order valence-corrected chi connectivity index (χ2v) is 3.92. The highest BCUT2D eigenvalue weighted by Gasteiger charge is 2.27. The van der Waals surface area contributed by atoms with Gasteiger partial charge in [0.25, 0.3) is 0 Å². The Kier molecular flexibility index (Phi) is 6.29. The van der Waals surface area contributed by atoms with Crippen LogP contribution in [0.25, 0.3) is 0 Å². The molecule has 0 N–H and O–H groups in total. The fourth-order valence-corrected chi connectivity index (χ4v) is 1.42. The van der Waals surface area contributed by atoms with E-state index in [1.54, 1.807) is 12.1 Å². The third kappa shape index (κ3) is 6.71. The van der Waals surface area contributed by atoms with Crippen molar-refractivity contribution in [2.75, 3.05) is 19.8 Å². The monoisotopic (exact) mass is 282 g/mol. The molecule has 0 saturated heterocycles. The standard InChI is InChI=1S/C12H14ClF3O2/c13-8-10-3-1-4-11(7-10)18-6-2-5-17-9-12(14,15)16/h1,3-4,7H,2,5-6,8-9H2. The maximum atomic E-state index is 11.7. The molecule has 0 saturated carbocycles. The van der Waals surface area contributed by atoms with Crippen molar-refractivity contribution < 1.29 is 22.6 Å². The number of benzene rings is 1. The summed E-state index contributed by atoms with van der Waals surface area (Å²) < 4.78 is 45.0. The Morgan fingerprint density at radius 3 is 2.61 bits per heavy atom. The molecule has 0 bridgehead atoms. The first kappa shape index (κ1) is 15.1. The van der Waals surface area contributed by atoms with Crippen LogP contribution in [0.5, 0.6) is 5.75 Å². The van der Waals surface area contributed by atoms with Crippen LogP contribution in [-0.2, 0) is 10.6 Å². The van der Waals surface area contributed by atoms with E-state index in [1.807, 2.05) is 12.1 Å². The average Bonchev–Trinajstić information content (AvgIpc) is 2.32. The van der Waals surface area contributed by atoms with E-state index in [0.29, 0.717) is 24.7 Å². The molecule has 2 nitrogen and oxygen atoms in total. The molecule has 0 amide bonds. The van der Waals surface area contributed by atoms with Crippen LogP contribution in [0.1, 0.15) is 12.0 Å². The molecule has 0 unspecified atom stereocenters. The van der Waals surface area contributed by atoms with Crippen molar-refractivity contribution >= 4 is 11.6 Å². The lowest BCUT2D eigenvalue weighted by Gasteiger charge is -2.09. The highest BCUT2D eigenvalue weighted by atomic mass is 35.5. The average molecular weight is 283 g/mol. The Morgan fingerprint density at radius 2 is 1.94 bits per heavy atom. The van der Waals surface area contributed by atoms with E-state index < -0.39 is 12.8 Å². The van der Waals surface area contributed by atoms with Crippen LogP contribution in [0.15, 0.2) is 24.3 Å². The third-order valence-electron chi connectivity index (χ3n) is 2.02. The highest BCUT2D eigenvalue weighted by Crippen LogP contribution is 2.16. The highest BCUT2D eigenvalue weighted by molar-refractivity contribution is 6.17. The summed E-state index contributed by atoms with van der Waals surface area (Å²) in [6.45, 7) is -0.882. The van der Waals surface area contributed by atoms with E-state index in [2.05, 4.69) is 4.74 Å². The van der Waals surface area contributed by atoms with E-state index in [1.165, 1.54) is 0 Å². The zero-order chi connectivity index (χ0) is 13.4. The van der Waals surface area contributed by atoms with Gasteiger partial charge in [-0.1, -0.05) is 12.1 Å². The number of hydrogen-bond acceptors (Lipinski definition) is 2. The second-order valence-electron chi connectivity index (χ2n) is 3.65. The topological polar surface area (TPSA) is 18.5 Å². The van der Waals surface area contributed by atoms with Gasteiger partial charge in [-0.25, -0.2) is 0 Å². The van der Waals surface area contributed by atoms with Gasteiger partial charge in [-0.05, 0) is 17.7 Å². The minimum absolute atomic E-state index is 0.0225. The van der Waals surface area contributed by atoms with Crippen molar-refractivity contribution in [3.05, 3.63) is 29.8 Å². The van der Waals surface area contributed by atoms with Crippen LogP contribution in [-0.4, -0.2) is 26.0 Å². The van der Waals surface area contributed by atoms with Gasteiger partial charge in [0, 0.05) is 12.3 Å². The Hall–Kier alpha value is -0.940. The SMILES string of the molecule is FC(F)(F)COCCCOc1cccc(CCl)c1. The molecule has 18 heavy (non-hydrogen) atoms. The van der Waals surface area contributed by atoms with E-state index in [-0.39, 0.29) is 6.61 Å². The van der Waals surface area contributed by atoms with Crippen molar-refractivity contribution in [2.24, 2.45) is 0 Å². The summed E-state index contributed by atoms with van der Waals surface area (Å²) in [5, 5.41) is 0. The van der Waals surface area contributed by atoms with Gasteiger partial charge in [0.15, 0.2) is 0 Å². The van der Waals surface area contributed by atoms with Crippen LogP contribution < -0.4 is 4.74 Å². The van der Waals surface area contributed by atoms with Gasteiger partial charge in [0.1, 0.15) is 12.4 Å². The predicted molar refractivity (Wildman–Crippen MR) is 63.0 cm³/mol. The van der Waals surface area contributed by atoms with Crippen LogP contribution in [0.2, 0.25) is 0 Å². The van der Waals surface area contributed by atoms with E-state index in [4.69, 9.17) is 16.3 Å². The van der Waals surface area contributed by atoms with Gasteiger partial charge in [0.2, 0.25) is 0 Å². The smallest absolute Gasteiger partial charge is 0.411 e. The summed E-state index contributed by atoms with van der Waals surface area (Å²) in [6, 6.07) is 7.25. The summed E-state index contributed by atoms with van der Waals surface area (Å²) in [5.74, 6) is 1.05. The number of rotatable bonds is 7. The maximum absolute atomic E-state index is 11.7. The van der Waals surface area contributed by atoms with Crippen molar-refractivity contribution in [3.8, 4) is 5.75 Å². The first-order valence-corrected chi connectivity index (χ1v) is 5.97. The molecule has 1 aromatic rings. The molecule has 0 fully saturated rings. The first-order chi connectivity index (χ1) is 8.51. The summed E-state index contributed by atoms with van der Waals surface area (Å²) in [6.07, 6.45) is -3.86. The minimum atomic E-state index is -4.27. The predicted octanol–water partition coefficient (Wildman–Crippen LogP) is 3.77. The first-order valence-electron chi connectivity index (χ1n) is 5.43. The lowest BCUT2D eigenvalue weighted by Crippen LogP contribution is -2.18. The molecule has 6 heteroatoms. The molecule has 1 rings (SSSR count). The van der Waals surface area contributed by atoms with E-state index in [0.717, 1.165) is 5.56 Å². The maximum Gasteiger partial charge on any atom is 0.411 e. The molecule has 0 heterocycles. The molecular weight excluding hydrogens is 269 g/mol. The van der Waals surface area contributed by atoms with Gasteiger partial charge in [-0.2, -0.15) is 13.2 Å². The summed E-state index contributed by atoms with van der Waals surface area (Å²) in [7, 11) is 0. The lowest BCUT2D eigenvalue weighted by atomic mass is 10.2. The normalized spacial score (nSPS) is 11.6. The van der Waals surface area contributed by atoms with Crippen molar-refractivity contribution in [3.63, 3.8) is 0 Å². The second kappa shape index (κ2) is 7.48. The molecule has 1 aromatic carbocycles. The Morgan fingerprint density at radius 1 is 1.17 bits per heavy atom. The molecule has 0 spiro atoms. The van der Waals surface area contributed by atoms with Crippen LogP contribution in [0, 0.1) is 0 Å². The molecule has 102 valence electrons. The number of halogens is 4. The van der Waals surface area contributed by atoms with E-state index in [9.17, 15) is 13.2 Å². The zero-order valence-electron chi connectivity index (χ0n) is 9.67. The Bertz CT molecular complexity index is 355. The molecule has 0 aromatic heterocycles. The summed E-state index contributed by atoms with van der Waals surface area (Å²) in [4.78, 5) is 0. The zero-order valence-corrected chi connectivity index (χ0v) is 10.4. The number of hydrogen-bond donors (Lipinski definition) is 0. The molecule has 0 aliphatic rings.